The third kappa shape index (κ3) is 3.10. The molecule has 0 aromatic carbocycles. The Morgan fingerprint density at radius 2 is 2.06 bits per heavy atom. The Balaban J connectivity index is 1.98. The van der Waals surface area contributed by atoms with Crippen LogP contribution < -0.4 is 15.1 Å². The first-order valence-electron chi connectivity index (χ1n) is 6.59. The molecule has 1 fully saturated rings. The Kier molecular flexibility index (Phi) is 4.36. The van der Waals surface area contributed by atoms with Crippen LogP contribution in [-0.4, -0.2) is 50.7 Å². The minimum Gasteiger partial charge on any atom is -0.363 e. The first-order valence-corrected chi connectivity index (χ1v) is 6.59. The number of nitrogens with one attached hydrogen (secondary N) is 1. The highest BCUT2D eigenvalue weighted by molar-refractivity contribution is 5.49. The standard InChI is InChI=1S/C13H23N5/c1-14-9-11-4-6-18(7-5-11)13-8-12(17(2)3)15-10-16-13/h8,10-11,14H,4-7,9H2,1-3H3. The summed E-state index contributed by atoms with van der Waals surface area (Å²) in [5.41, 5.74) is 0. The fourth-order valence-electron chi connectivity index (χ4n) is 2.41. The van der Waals surface area contributed by atoms with Crippen molar-refractivity contribution in [1.82, 2.24) is 15.3 Å². The maximum absolute atomic E-state index is 4.39. The highest BCUT2D eigenvalue weighted by Gasteiger charge is 2.19. The van der Waals surface area contributed by atoms with E-state index in [0.29, 0.717) is 0 Å². The van der Waals surface area contributed by atoms with Crippen LogP contribution in [0.2, 0.25) is 0 Å². The predicted octanol–water partition coefficient (Wildman–Crippen LogP) is 0.978. The van der Waals surface area contributed by atoms with E-state index in [1.165, 1.54) is 12.8 Å². The number of aromatic nitrogens is 2. The third-order valence-corrected chi connectivity index (χ3v) is 3.53. The molecule has 5 heteroatoms. The normalized spacial score (nSPS) is 16.9. The monoisotopic (exact) mass is 249 g/mol. The first kappa shape index (κ1) is 13.1. The van der Waals surface area contributed by atoms with E-state index < -0.39 is 0 Å². The van der Waals surface area contributed by atoms with Gasteiger partial charge in [-0.1, -0.05) is 0 Å². The van der Waals surface area contributed by atoms with Crippen LogP contribution in [0.25, 0.3) is 0 Å². The maximum Gasteiger partial charge on any atom is 0.134 e. The highest BCUT2D eigenvalue weighted by Crippen LogP contribution is 2.22. The Morgan fingerprint density at radius 1 is 1.33 bits per heavy atom. The van der Waals surface area contributed by atoms with Gasteiger partial charge >= 0.3 is 0 Å². The van der Waals surface area contributed by atoms with Crippen molar-refractivity contribution in [3.63, 3.8) is 0 Å². The quantitative estimate of drug-likeness (QED) is 0.861. The topological polar surface area (TPSA) is 44.3 Å². The summed E-state index contributed by atoms with van der Waals surface area (Å²) in [6.07, 6.45) is 4.13. The van der Waals surface area contributed by atoms with Gasteiger partial charge in [0.25, 0.3) is 0 Å². The molecule has 1 saturated heterocycles. The van der Waals surface area contributed by atoms with Crippen LogP contribution in [0, 0.1) is 5.92 Å². The summed E-state index contributed by atoms with van der Waals surface area (Å²) in [6, 6.07) is 2.07. The van der Waals surface area contributed by atoms with Crippen LogP contribution in [0.3, 0.4) is 0 Å². The Labute approximate surface area is 109 Å². The van der Waals surface area contributed by atoms with Crippen molar-refractivity contribution in [1.29, 1.82) is 0 Å². The van der Waals surface area contributed by atoms with Gasteiger partial charge in [-0.25, -0.2) is 9.97 Å². The molecule has 0 saturated carbocycles. The lowest BCUT2D eigenvalue weighted by molar-refractivity contribution is 0.392. The number of anilines is 2. The molecule has 0 radical (unpaired) electrons. The van der Waals surface area contributed by atoms with Crippen LogP contribution in [0.4, 0.5) is 11.6 Å². The minimum atomic E-state index is 0.807. The summed E-state index contributed by atoms with van der Waals surface area (Å²) in [5, 5.41) is 3.27. The van der Waals surface area contributed by atoms with E-state index in [0.717, 1.165) is 37.2 Å². The summed E-state index contributed by atoms with van der Waals surface area (Å²) in [7, 11) is 6.04. The molecule has 0 amide bonds. The maximum atomic E-state index is 4.39. The fraction of sp³-hybridized carbons (Fsp3) is 0.692. The van der Waals surface area contributed by atoms with Gasteiger partial charge < -0.3 is 15.1 Å². The first-order chi connectivity index (χ1) is 8.70. The Hall–Kier alpha value is -1.36. The summed E-state index contributed by atoms with van der Waals surface area (Å²) in [4.78, 5) is 13.0. The van der Waals surface area contributed by atoms with Crippen LogP contribution in [-0.2, 0) is 0 Å². The van der Waals surface area contributed by atoms with Crippen molar-refractivity contribution < 1.29 is 0 Å². The van der Waals surface area contributed by atoms with E-state index in [1.807, 2.05) is 26.0 Å². The summed E-state index contributed by atoms with van der Waals surface area (Å²) in [6.45, 7) is 3.31. The fourth-order valence-corrected chi connectivity index (χ4v) is 2.41. The molecule has 1 aromatic heterocycles. The van der Waals surface area contributed by atoms with E-state index in [4.69, 9.17) is 0 Å². The molecule has 0 spiro atoms. The zero-order valence-corrected chi connectivity index (χ0v) is 11.6. The number of rotatable bonds is 4. The summed E-state index contributed by atoms with van der Waals surface area (Å²) in [5.74, 6) is 2.83. The van der Waals surface area contributed by atoms with Gasteiger partial charge in [-0.05, 0) is 32.4 Å². The third-order valence-electron chi connectivity index (χ3n) is 3.53. The molecule has 2 rings (SSSR count). The molecule has 0 unspecified atom stereocenters. The van der Waals surface area contributed by atoms with Crippen LogP contribution >= 0.6 is 0 Å². The molecule has 1 aliphatic heterocycles. The summed E-state index contributed by atoms with van der Waals surface area (Å²) < 4.78 is 0. The minimum absolute atomic E-state index is 0.807. The smallest absolute Gasteiger partial charge is 0.134 e. The van der Waals surface area contributed by atoms with Crippen molar-refractivity contribution in [3.8, 4) is 0 Å². The zero-order valence-electron chi connectivity index (χ0n) is 11.6. The van der Waals surface area contributed by atoms with Crippen molar-refractivity contribution in [2.45, 2.75) is 12.8 Å². The molecule has 0 aliphatic carbocycles. The summed E-state index contributed by atoms with van der Waals surface area (Å²) >= 11 is 0. The lowest BCUT2D eigenvalue weighted by Gasteiger charge is -2.32. The molecule has 0 bridgehead atoms. The second kappa shape index (κ2) is 6.00. The molecule has 100 valence electrons. The predicted molar refractivity (Wildman–Crippen MR) is 75.2 cm³/mol. The van der Waals surface area contributed by atoms with E-state index in [1.54, 1.807) is 6.33 Å². The van der Waals surface area contributed by atoms with Gasteiger partial charge in [-0.3, -0.25) is 0 Å². The van der Waals surface area contributed by atoms with Gasteiger partial charge in [0.1, 0.15) is 18.0 Å². The molecule has 18 heavy (non-hydrogen) atoms. The van der Waals surface area contributed by atoms with Crippen molar-refractivity contribution in [2.24, 2.45) is 5.92 Å². The van der Waals surface area contributed by atoms with Gasteiger partial charge in [0.05, 0.1) is 0 Å². The Bertz CT molecular complexity index is 371. The number of hydrogen-bond acceptors (Lipinski definition) is 5. The molecule has 1 aromatic rings. The average Bonchev–Trinajstić information content (AvgIpc) is 2.40. The van der Waals surface area contributed by atoms with Crippen LogP contribution in [0.1, 0.15) is 12.8 Å². The van der Waals surface area contributed by atoms with Gasteiger partial charge in [0, 0.05) is 33.3 Å². The highest BCUT2D eigenvalue weighted by atomic mass is 15.2. The SMILES string of the molecule is CNCC1CCN(c2cc(N(C)C)ncn2)CC1. The van der Waals surface area contributed by atoms with E-state index in [-0.39, 0.29) is 0 Å². The number of hydrogen-bond donors (Lipinski definition) is 1. The van der Waals surface area contributed by atoms with Gasteiger partial charge in [0.15, 0.2) is 0 Å². The zero-order chi connectivity index (χ0) is 13.0. The van der Waals surface area contributed by atoms with Crippen molar-refractivity contribution >= 4 is 11.6 Å². The van der Waals surface area contributed by atoms with Crippen LogP contribution in [0.5, 0.6) is 0 Å². The molecule has 0 atom stereocenters. The lowest BCUT2D eigenvalue weighted by atomic mass is 9.97. The van der Waals surface area contributed by atoms with E-state index in [2.05, 4.69) is 26.3 Å². The molecular weight excluding hydrogens is 226 g/mol. The van der Waals surface area contributed by atoms with E-state index >= 15 is 0 Å². The number of nitrogens with zero attached hydrogens (tertiary/aromatic N) is 4. The molecule has 5 nitrogen and oxygen atoms in total. The average molecular weight is 249 g/mol. The van der Waals surface area contributed by atoms with Gasteiger partial charge in [0.2, 0.25) is 0 Å². The van der Waals surface area contributed by atoms with E-state index in [9.17, 15) is 0 Å². The second-order valence-corrected chi connectivity index (χ2v) is 5.12. The van der Waals surface area contributed by atoms with Gasteiger partial charge in [-0.15, -0.1) is 0 Å². The second-order valence-electron chi connectivity index (χ2n) is 5.12. The molecule has 1 aliphatic rings. The largest absolute Gasteiger partial charge is 0.363 e. The Morgan fingerprint density at radius 3 is 2.67 bits per heavy atom. The lowest BCUT2D eigenvalue weighted by Crippen LogP contribution is -2.37. The van der Waals surface area contributed by atoms with Crippen molar-refractivity contribution in [2.75, 3.05) is 50.6 Å². The molecule has 1 N–H and O–H groups in total. The molecular formula is C13H23N5. The number of piperidine rings is 1. The van der Waals surface area contributed by atoms with Crippen molar-refractivity contribution in [3.05, 3.63) is 12.4 Å². The van der Waals surface area contributed by atoms with Gasteiger partial charge in [-0.2, -0.15) is 0 Å². The molecule has 2 heterocycles. The van der Waals surface area contributed by atoms with Crippen LogP contribution in [0.15, 0.2) is 12.4 Å².